The minimum Gasteiger partial charge on any atom is -0.466 e. The molecule has 0 bridgehead atoms. The van der Waals surface area contributed by atoms with Gasteiger partial charge in [-0.25, -0.2) is 0 Å². The van der Waals surface area contributed by atoms with Crippen LogP contribution < -0.4 is 9.80 Å². The van der Waals surface area contributed by atoms with Crippen LogP contribution in [0.3, 0.4) is 0 Å². The molecule has 7 heteroatoms. The van der Waals surface area contributed by atoms with Crippen molar-refractivity contribution in [3.8, 4) is 0 Å². The summed E-state index contributed by atoms with van der Waals surface area (Å²) in [5.74, 6) is 2.12. The number of ether oxygens (including phenoxy) is 1. The fraction of sp³-hybridized carbons (Fsp3) is 0.750. The highest BCUT2D eigenvalue weighted by Gasteiger charge is 2.42. The highest BCUT2D eigenvalue weighted by atomic mass is 16.5. The lowest BCUT2D eigenvalue weighted by Gasteiger charge is -2.23. The van der Waals surface area contributed by atoms with Crippen molar-refractivity contribution < 1.29 is 9.53 Å². The van der Waals surface area contributed by atoms with Crippen LogP contribution in [0, 0.1) is 5.41 Å². The predicted molar refractivity (Wildman–Crippen MR) is 89.8 cm³/mol. The molecule has 1 unspecified atom stereocenters. The summed E-state index contributed by atoms with van der Waals surface area (Å²) < 4.78 is 5.21. The monoisotopic (exact) mass is 321 g/mol. The van der Waals surface area contributed by atoms with Gasteiger partial charge in [-0.05, 0) is 20.3 Å². The molecule has 1 aliphatic heterocycles. The SMILES string of the molecule is CCOC(=O)C1(C)CCN(c2nc(C(C)C)nc(N(C)C)n2)C1. The molecule has 0 aliphatic carbocycles. The zero-order valence-electron chi connectivity index (χ0n) is 15.0. The van der Waals surface area contributed by atoms with Gasteiger partial charge < -0.3 is 14.5 Å². The van der Waals surface area contributed by atoms with Crippen LogP contribution in [0.5, 0.6) is 0 Å². The van der Waals surface area contributed by atoms with Crippen LogP contribution in [0.4, 0.5) is 11.9 Å². The van der Waals surface area contributed by atoms with E-state index in [0.717, 1.165) is 18.8 Å². The second-order valence-corrected chi connectivity index (χ2v) is 6.80. The molecule has 0 saturated carbocycles. The molecule has 7 nitrogen and oxygen atoms in total. The maximum atomic E-state index is 12.2. The van der Waals surface area contributed by atoms with Gasteiger partial charge in [0.05, 0.1) is 12.0 Å². The van der Waals surface area contributed by atoms with Crippen LogP contribution in [0.1, 0.15) is 45.9 Å². The van der Waals surface area contributed by atoms with E-state index in [-0.39, 0.29) is 11.9 Å². The summed E-state index contributed by atoms with van der Waals surface area (Å²) in [5, 5.41) is 0. The number of aromatic nitrogens is 3. The number of hydrogen-bond acceptors (Lipinski definition) is 7. The first kappa shape index (κ1) is 17.4. The quantitative estimate of drug-likeness (QED) is 0.766. The van der Waals surface area contributed by atoms with Gasteiger partial charge in [0, 0.05) is 33.1 Å². The standard InChI is InChI=1S/C16H27N5O2/c1-7-23-13(22)16(4)8-9-21(10-16)15-18-12(11(2)3)17-14(19-15)20(5)6/h11H,7-10H2,1-6H3. The number of carbonyl (C=O) groups is 1. The van der Waals surface area contributed by atoms with Crippen molar-refractivity contribution in [1.29, 1.82) is 0 Å². The van der Waals surface area contributed by atoms with Crippen LogP contribution in [0.2, 0.25) is 0 Å². The highest BCUT2D eigenvalue weighted by molar-refractivity contribution is 5.78. The summed E-state index contributed by atoms with van der Waals surface area (Å²) in [5.41, 5.74) is -0.501. The lowest BCUT2D eigenvalue weighted by Crippen LogP contribution is -2.34. The van der Waals surface area contributed by atoms with E-state index < -0.39 is 5.41 Å². The Labute approximate surface area is 138 Å². The van der Waals surface area contributed by atoms with Crippen LogP contribution >= 0.6 is 0 Å². The summed E-state index contributed by atoms with van der Waals surface area (Å²) in [7, 11) is 3.83. The fourth-order valence-corrected chi connectivity index (χ4v) is 2.57. The predicted octanol–water partition coefficient (Wildman–Crippen LogP) is 1.84. The molecule has 128 valence electrons. The summed E-state index contributed by atoms with van der Waals surface area (Å²) >= 11 is 0. The molecule has 0 aromatic carbocycles. The van der Waals surface area contributed by atoms with Crippen LogP contribution in [0.15, 0.2) is 0 Å². The first-order valence-electron chi connectivity index (χ1n) is 8.12. The van der Waals surface area contributed by atoms with Crippen LogP contribution in [-0.2, 0) is 9.53 Å². The number of nitrogens with zero attached hydrogens (tertiary/aromatic N) is 5. The number of hydrogen-bond donors (Lipinski definition) is 0. The smallest absolute Gasteiger partial charge is 0.313 e. The number of esters is 1. The Bertz CT molecular complexity index is 549. The highest BCUT2D eigenvalue weighted by Crippen LogP contribution is 2.33. The second-order valence-electron chi connectivity index (χ2n) is 6.80. The van der Waals surface area contributed by atoms with E-state index in [0.29, 0.717) is 25.0 Å². The minimum atomic E-state index is -0.501. The Kier molecular flexibility index (Phi) is 5.06. The second kappa shape index (κ2) is 6.68. The topological polar surface area (TPSA) is 71.5 Å². The van der Waals surface area contributed by atoms with Gasteiger partial charge in [-0.1, -0.05) is 13.8 Å². The average molecular weight is 321 g/mol. The Morgan fingerprint density at radius 1 is 1.35 bits per heavy atom. The first-order valence-corrected chi connectivity index (χ1v) is 8.12. The van der Waals surface area contributed by atoms with Gasteiger partial charge >= 0.3 is 5.97 Å². The van der Waals surface area contributed by atoms with Crippen molar-refractivity contribution in [3.63, 3.8) is 0 Å². The Balaban J connectivity index is 2.27. The zero-order valence-corrected chi connectivity index (χ0v) is 15.0. The molecular formula is C16H27N5O2. The van der Waals surface area contributed by atoms with Gasteiger partial charge in [-0.15, -0.1) is 0 Å². The molecule has 1 fully saturated rings. The Morgan fingerprint density at radius 3 is 2.61 bits per heavy atom. The van der Waals surface area contributed by atoms with Crippen molar-refractivity contribution in [1.82, 2.24) is 15.0 Å². The van der Waals surface area contributed by atoms with Crippen LogP contribution in [0.25, 0.3) is 0 Å². The van der Waals surface area contributed by atoms with Gasteiger partial charge in [-0.3, -0.25) is 4.79 Å². The molecule has 1 saturated heterocycles. The van der Waals surface area contributed by atoms with Gasteiger partial charge in [-0.2, -0.15) is 15.0 Å². The normalized spacial score (nSPS) is 20.9. The first-order chi connectivity index (χ1) is 10.8. The number of anilines is 2. The van der Waals surface area contributed by atoms with Crippen molar-refractivity contribution in [3.05, 3.63) is 5.82 Å². The fourth-order valence-electron chi connectivity index (χ4n) is 2.57. The molecule has 1 aromatic heterocycles. The van der Waals surface area contributed by atoms with E-state index in [9.17, 15) is 4.79 Å². The van der Waals surface area contributed by atoms with E-state index >= 15 is 0 Å². The van der Waals surface area contributed by atoms with Crippen molar-refractivity contribution in [2.24, 2.45) is 5.41 Å². The molecule has 0 radical (unpaired) electrons. The van der Waals surface area contributed by atoms with Gasteiger partial charge in [0.2, 0.25) is 11.9 Å². The zero-order chi connectivity index (χ0) is 17.2. The van der Waals surface area contributed by atoms with E-state index in [1.807, 2.05) is 32.8 Å². The van der Waals surface area contributed by atoms with E-state index in [1.165, 1.54) is 0 Å². The number of rotatable bonds is 5. The molecule has 2 heterocycles. The third-order valence-corrected chi connectivity index (χ3v) is 4.07. The van der Waals surface area contributed by atoms with Gasteiger partial charge in [0.1, 0.15) is 5.82 Å². The van der Waals surface area contributed by atoms with Crippen molar-refractivity contribution in [2.75, 3.05) is 43.6 Å². The molecular weight excluding hydrogens is 294 g/mol. The minimum absolute atomic E-state index is 0.145. The summed E-state index contributed by atoms with van der Waals surface area (Å²) in [4.78, 5) is 29.7. The van der Waals surface area contributed by atoms with Crippen LogP contribution in [-0.4, -0.2) is 54.7 Å². The summed E-state index contributed by atoms with van der Waals surface area (Å²) in [6, 6.07) is 0. The maximum absolute atomic E-state index is 12.2. The third-order valence-electron chi connectivity index (χ3n) is 4.07. The van der Waals surface area contributed by atoms with E-state index in [2.05, 4.69) is 33.7 Å². The molecule has 0 N–H and O–H groups in total. The largest absolute Gasteiger partial charge is 0.466 e. The molecule has 0 spiro atoms. The number of carbonyl (C=O) groups excluding carboxylic acids is 1. The lowest BCUT2D eigenvalue weighted by molar-refractivity contribution is -0.153. The molecule has 1 aliphatic rings. The van der Waals surface area contributed by atoms with E-state index in [1.54, 1.807) is 0 Å². The van der Waals surface area contributed by atoms with Crippen molar-refractivity contribution in [2.45, 2.75) is 40.0 Å². The molecule has 2 rings (SSSR count). The summed E-state index contributed by atoms with van der Waals surface area (Å²) in [6.07, 6.45) is 0.742. The maximum Gasteiger partial charge on any atom is 0.313 e. The average Bonchev–Trinajstić information content (AvgIpc) is 2.91. The molecule has 1 atom stereocenters. The van der Waals surface area contributed by atoms with Gasteiger partial charge in [0.15, 0.2) is 0 Å². The Hall–Kier alpha value is -1.92. The third kappa shape index (κ3) is 3.71. The van der Waals surface area contributed by atoms with Crippen molar-refractivity contribution >= 4 is 17.9 Å². The molecule has 0 amide bonds. The molecule has 1 aromatic rings. The lowest BCUT2D eigenvalue weighted by atomic mass is 9.90. The van der Waals surface area contributed by atoms with Gasteiger partial charge in [0.25, 0.3) is 0 Å². The Morgan fingerprint density at radius 2 is 2.04 bits per heavy atom. The van der Waals surface area contributed by atoms with E-state index in [4.69, 9.17) is 4.74 Å². The molecule has 23 heavy (non-hydrogen) atoms. The summed E-state index contributed by atoms with van der Waals surface area (Å²) in [6.45, 7) is 9.61.